The summed E-state index contributed by atoms with van der Waals surface area (Å²) in [7, 11) is -9.46. The van der Waals surface area contributed by atoms with E-state index in [2.05, 4.69) is 9.48 Å². The van der Waals surface area contributed by atoms with Gasteiger partial charge in [-0.2, -0.15) is 16.8 Å². The van der Waals surface area contributed by atoms with Crippen LogP contribution in [0.2, 0.25) is 0 Å². The number of nitrogens with zero attached hydrogens (tertiary/aromatic N) is 2. The zero-order valence-corrected chi connectivity index (χ0v) is 23.1. The molecule has 37 heavy (non-hydrogen) atoms. The van der Waals surface area contributed by atoms with E-state index in [9.17, 15) is 25.9 Å². The van der Waals surface area contributed by atoms with E-state index in [-0.39, 0.29) is 11.1 Å². The lowest BCUT2D eigenvalue weighted by Crippen LogP contribution is -2.21. The molecule has 198 valence electrons. The highest BCUT2D eigenvalue weighted by Crippen LogP contribution is 2.35. The lowest BCUT2D eigenvalue weighted by atomic mass is 9.99. The van der Waals surface area contributed by atoms with Crippen molar-refractivity contribution in [2.75, 3.05) is 31.1 Å². The van der Waals surface area contributed by atoms with Crippen molar-refractivity contribution in [3.63, 3.8) is 0 Å². The predicted molar refractivity (Wildman–Crippen MR) is 148 cm³/mol. The highest BCUT2D eigenvalue weighted by Gasteiger charge is 2.25. The topological polar surface area (TPSA) is 115 Å². The molecule has 1 aliphatic rings. The second kappa shape index (κ2) is 11.6. The first-order valence-electron chi connectivity index (χ1n) is 12.1. The molecule has 3 rings (SSSR count). The molecule has 0 aliphatic heterocycles. The summed E-state index contributed by atoms with van der Waals surface area (Å²) in [5.41, 5.74) is 2.77. The molecule has 0 saturated heterocycles. The van der Waals surface area contributed by atoms with Crippen LogP contribution < -0.4 is 4.90 Å². The molecule has 0 radical (unpaired) electrons. The average Bonchev–Trinajstić information content (AvgIpc) is 2.85. The lowest BCUT2D eigenvalue weighted by molar-refractivity contribution is -0.519. The molecule has 0 spiro atoms. The van der Waals surface area contributed by atoms with Gasteiger partial charge in [0.2, 0.25) is 0 Å². The Hall–Kier alpha value is -3.05. The molecule has 0 fully saturated rings. The Bertz CT molecular complexity index is 1470. The Morgan fingerprint density at radius 1 is 0.811 bits per heavy atom. The molecule has 0 heterocycles. The van der Waals surface area contributed by atoms with Crippen molar-refractivity contribution in [1.82, 2.24) is 0 Å². The first kappa shape index (κ1) is 28.5. The fourth-order valence-electron chi connectivity index (χ4n) is 4.37. The fourth-order valence-corrected chi connectivity index (χ4v) is 5.79. The van der Waals surface area contributed by atoms with E-state index in [1.165, 1.54) is 6.08 Å². The van der Waals surface area contributed by atoms with E-state index in [0.29, 0.717) is 11.1 Å². The van der Waals surface area contributed by atoms with Gasteiger partial charge in [0.15, 0.2) is 5.71 Å². The smallest absolute Gasteiger partial charge is 0.295 e. The largest absolute Gasteiger partial charge is 0.372 e. The number of hydrogen-bond acceptors (Lipinski definition) is 5. The van der Waals surface area contributed by atoms with Crippen molar-refractivity contribution in [2.24, 2.45) is 0 Å². The Morgan fingerprint density at radius 3 is 1.84 bits per heavy atom. The van der Waals surface area contributed by atoms with Crippen molar-refractivity contribution >= 4 is 37.7 Å². The molecular weight excluding hydrogens is 512 g/mol. The van der Waals surface area contributed by atoms with Crippen molar-refractivity contribution in [3.8, 4) is 11.1 Å². The van der Waals surface area contributed by atoms with Gasteiger partial charge < -0.3 is 4.90 Å². The van der Waals surface area contributed by atoms with Crippen LogP contribution in [0, 0.1) is 0 Å². The van der Waals surface area contributed by atoms with Crippen molar-refractivity contribution in [2.45, 2.75) is 37.5 Å². The molecule has 8 nitrogen and oxygen atoms in total. The summed E-state index contributed by atoms with van der Waals surface area (Å²) in [4.78, 5) is 1.18. The molecule has 2 aromatic rings. The van der Waals surface area contributed by atoms with E-state index < -0.39 is 30.0 Å². The molecule has 2 N–H and O–H groups in total. The average molecular weight is 546 g/mol. The molecule has 0 bridgehead atoms. The maximum Gasteiger partial charge on any atom is 0.295 e. The Morgan fingerprint density at radius 2 is 1.38 bits per heavy atom. The Labute approximate surface area is 219 Å². The summed E-state index contributed by atoms with van der Waals surface area (Å²) in [6, 6.07) is 9.02. The van der Waals surface area contributed by atoms with E-state index in [1.807, 2.05) is 39.8 Å². The summed E-state index contributed by atoms with van der Waals surface area (Å²) < 4.78 is 71.6. The normalized spacial score (nSPS) is 13.7. The van der Waals surface area contributed by atoms with Gasteiger partial charge in [0.05, 0.1) is 4.90 Å². The predicted octanol–water partition coefficient (Wildman–Crippen LogP) is 4.70. The maximum atomic E-state index is 12.6. The van der Waals surface area contributed by atoms with Crippen molar-refractivity contribution in [3.05, 3.63) is 71.8 Å². The van der Waals surface area contributed by atoms with Crippen molar-refractivity contribution < 1.29 is 30.5 Å². The number of allylic oxidation sites excluding steroid dienone is 5. The summed E-state index contributed by atoms with van der Waals surface area (Å²) in [6.45, 7) is 11.3. The molecular formula is C27H33N2O6S2+. The SMILES string of the molecule is CCN(CC)c1ccc(-c2cc(S(=O)(=O)O)cc(C=C3C=CC(=[N+](CC)CC)C=C3)c2S(=O)(=O)O)cc1. The standard InChI is InChI=1S/C27H32N2O6S2/c1-5-28(6-2)23-13-9-20(10-14-23)17-22-18-25(36(30,31)32)19-26(27(22)37(33,34)35)21-11-15-24(16-12-21)29(7-3)8-4/h9-19H,5-8H2,1-4H3,(H-,30,31,32,33,34,35)/p+1. The van der Waals surface area contributed by atoms with Gasteiger partial charge in [-0.25, -0.2) is 4.58 Å². The fraction of sp³-hybridized carbons (Fsp3) is 0.296. The first-order chi connectivity index (χ1) is 17.4. The summed E-state index contributed by atoms with van der Waals surface area (Å²) in [6.07, 6.45) is 8.79. The van der Waals surface area contributed by atoms with Crippen LogP contribution >= 0.6 is 0 Å². The minimum absolute atomic E-state index is 0.0327. The summed E-state index contributed by atoms with van der Waals surface area (Å²) >= 11 is 0. The first-order valence-corrected chi connectivity index (χ1v) is 15.0. The third-order valence-electron chi connectivity index (χ3n) is 6.30. The number of rotatable bonds is 9. The molecule has 0 saturated carbocycles. The quantitative estimate of drug-likeness (QED) is 0.347. The van der Waals surface area contributed by atoms with Crippen LogP contribution in [0.5, 0.6) is 0 Å². The highest BCUT2D eigenvalue weighted by atomic mass is 32.2. The minimum atomic E-state index is -4.79. The van der Waals surface area contributed by atoms with E-state index in [1.54, 1.807) is 36.4 Å². The van der Waals surface area contributed by atoms with Gasteiger partial charge in [-0.1, -0.05) is 12.1 Å². The van der Waals surface area contributed by atoms with Gasteiger partial charge in [-0.05, 0) is 86.9 Å². The molecule has 0 atom stereocenters. The van der Waals surface area contributed by atoms with E-state index >= 15 is 0 Å². The van der Waals surface area contributed by atoms with Crippen LogP contribution in [0.4, 0.5) is 5.69 Å². The second-order valence-corrected chi connectivity index (χ2v) is 11.2. The molecule has 0 amide bonds. The van der Waals surface area contributed by atoms with Crippen LogP contribution in [-0.2, 0) is 20.2 Å². The van der Waals surface area contributed by atoms with Gasteiger partial charge in [-0.15, -0.1) is 0 Å². The molecule has 2 aromatic carbocycles. The Kier molecular flexibility index (Phi) is 8.91. The van der Waals surface area contributed by atoms with Crippen LogP contribution in [0.1, 0.15) is 33.3 Å². The Balaban J connectivity index is 2.26. The third kappa shape index (κ3) is 6.64. The summed E-state index contributed by atoms with van der Waals surface area (Å²) in [5, 5.41) is 0. The maximum absolute atomic E-state index is 12.6. The molecule has 0 aromatic heterocycles. The van der Waals surface area contributed by atoms with E-state index in [0.717, 1.165) is 49.7 Å². The van der Waals surface area contributed by atoms with Crippen LogP contribution in [0.15, 0.2) is 76.1 Å². The number of benzene rings is 2. The van der Waals surface area contributed by atoms with Gasteiger partial charge >= 0.3 is 0 Å². The zero-order chi connectivity index (χ0) is 27.4. The third-order valence-corrected chi connectivity index (χ3v) is 8.10. The van der Waals surface area contributed by atoms with Crippen LogP contribution in [0.3, 0.4) is 0 Å². The number of hydrogen-bond donors (Lipinski definition) is 2. The highest BCUT2D eigenvalue weighted by molar-refractivity contribution is 7.86. The monoisotopic (exact) mass is 545 g/mol. The van der Waals surface area contributed by atoms with E-state index in [4.69, 9.17) is 0 Å². The van der Waals surface area contributed by atoms with Crippen LogP contribution in [0.25, 0.3) is 17.2 Å². The van der Waals surface area contributed by atoms with Gasteiger partial charge in [-0.3, -0.25) is 9.11 Å². The second-order valence-electron chi connectivity index (χ2n) is 8.47. The molecule has 0 unspecified atom stereocenters. The zero-order valence-electron chi connectivity index (χ0n) is 21.4. The van der Waals surface area contributed by atoms with Gasteiger partial charge in [0, 0.05) is 36.5 Å². The van der Waals surface area contributed by atoms with Crippen molar-refractivity contribution in [1.29, 1.82) is 0 Å². The molecule has 10 heteroatoms. The van der Waals surface area contributed by atoms with Crippen LogP contribution in [-0.4, -0.2) is 62.4 Å². The number of anilines is 1. The summed E-state index contributed by atoms with van der Waals surface area (Å²) in [5.74, 6) is 0. The lowest BCUT2D eigenvalue weighted by Gasteiger charge is -2.21. The van der Waals surface area contributed by atoms with Gasteiger partial charge in [0.25, 0.3) is 20.2 Å². The molecule has 1 aliphatic carbocycles. The van der Waals surface area contributed by atoms with Gasteiger partial charge in [0.1, 0.15) is 18.0 Å². The minimum Gasteiger partial charge on any atom is -0.372 e.